The van der Waals surface area contributed by atoms with Crippen molar-refractivity contribution in [2.75, 3.05) is 6.61 Å². The molecule has 1 atom stereocenters. The van der Waals surface area contributed by atoms with Gasteiger partial charge >= 0.3 is 0 Å². The minimum absolute atomic E-state index is 0.0681. The zero-order chi connectivity index (χ0) is 20.1. The number of ether oxygens (including phenoxy) is 2. The molecule has 148 valence electrons. The summed E-state index contributed by atoms with van der Waals surface area (Å²) in [5, 5.41) is 2.83. The molecule has 0 aliphatic carbocycles. The highest BCUT2D eigenvalue weighted by Crippen LogP contribution is 2.35. The largest absolute Gasteiger partial charge is 0.494 e. The van der Waals surface area contributed by atoms with Gasteiger partial charge in [-0.3, -0.25) is 9.59 Å². The minimum atomic E-state index is -0.396. The number of rotatable bonds is 8. The van der Waals surface area contributed by atoms with Gasteiger partial charge in [-0.05, 0) is 50.2 Å². The third-order valence-electron chi connectivity index (χ3n) is 4.60. The minimum Gasteiger partial charge on any atom is -0.494 e. The molecule has 0 saturated carbocycles. The second kappa shape index (κ2) is 8.87. The number of halogens is 1. The lowest BCUT2D eigenvalue weighted by Crippen LogP contribution is -2.23. The normalized spacial score (nSPS) is 14.9. The maximum Gasteiger partial charge on any atom is 0.220 e. The van der Waals surface area contributed by atoms with Gasteiger partial charge in [-0.2, -0.15) is 0 Å². The summed E-state index contributed by atoms with van der Waals surface area (Å²) >= 11 is 0. The van der Waals surface area contributed by atoms with Gasteiger partial charge < -0.3 is 14.8 Å². The Kier molecular flexibility index (Phi) is 6.29. The molecule has 3 rings (SSSR count). The monoisotopic (exact) mass is 385 g/mol. The van der Waals surface area contributed by atoms with E-state index in [2.05, 4.69) is 5.32 Å². The molecule has 2 aromatic carbocycles. The van der Waals surface area contributed by atoms with Crippen LogP contribution in [0.3, 0.4) is 0 Å². The second-order valence-electron chi connectivity index (χ2n) is 6.84. The summed E-state index contributed by atoms with van der Waals surface area (Å²) in [5.41, 5.74) is 2.35. The summed E-state index contributed by atoms with van der Waals surface area (Å²) in [7, 11) is 0. The number of fused-ring (bicyclic) bond motifs is 1. The summed E-state index contributed by atoms with van der Waals surface area (Å²) in [5.74, 6) is 0.748. The molecule has 5 nitrogen and oxygen atoms in total. The lowest BCUT2D eigenvalue weighted by Gasteiger charge is -2.13. The molecule has 1 heterocycles. The van der Waals surface area contributed by atoms with Crippen LogP contribution in [0.2, 0.25) is 0 Å². The molecule has 1 aliphatic rings. The zero-order valence-electron chi connectivity index (χ0n) is 16.1. The standard InChI is InChI=1S/C22H24FNO4/c1-3-27-20-11-16-10-14(2)28-21(16)12-17(20)13-24-22(26)9-8-19(25)15-4-6-18(23)7-5-15/h4-7,11-12,14H,3,8-10,13H2,1-2H3,(H,24,26). The van der Waals surface area contributed by atoms with Gasteiger partial charge in [-0.1, -0.05) is 0 Å². The lowest BCUT2D eigenvalue weighted by atomic mass is 10.1. The van der Waals surface area contributed by atoms with Crippen LogP contribution in [0.5, 0.6) is 11.5 Å². The Hall–Kier alpha value is -2.89. The average molecular weight is 385 g/mol. The molecule has 28 heavy (non-hydrogen) atoms. The summed E-state index contributed by atoms with van der Waals surface area (Å²) in [6.07, 6.45) is 1.11. The van der Waals surface area contributed by atoms with Gasteiger partial charge in [0.2, 0.25) is 5.91 Å². The Morgan fingerprint density at radius 3 is 2.68 bits per heavy atom. The Bertz CT molecular complexity index is 864. The first-order valence-electron chi connectivity index (χ1n) is 9.47. The van der Waals surface area contributed by atoms with Crippen molar-refractivity contribution in [2.24, 2.45) is 0 Å². The van der Waals surface area contributed by atoms with Crippen LogP contribution in [0.15, 0.2) is 36.4 Å². The molecule has 0 bridgehead atoms. The molecule has 2 aromatic rings. The van der Waals surface area contributed by atoms with Crippen molar-refractivity contribution in [3.63, 3.8) is 0 Å². The highest BCUT2D eigenvalue weighted by molar-refractivity contribution is 5.97. The van der Waals surface area contributed by atoms with E-state index in [4.69, 9.17) is 9.47 Å². The smallest absolute Gasteiger partial charge is 0.220 e. The maximum absolute atomic E-state index is 12.9. The first-order valence-corrected chi connectivity index (χ1v) is 9.47. The van der Waals surface area contributed by atoms with E-state index < -0.39 is 5.82 Å². The van der Waals surface area contributed by atoms with Gasteiger partial charge in [-0.15, -0.1) is 0 Å². The summed E-state index contributed by atoms with van der Waals surface area (Å²) in [4.78, 5) is 24.3. The average Bonchev–Trinajstić information content (AvgIpc) is 3.03. The maximum atomic E-state index is 12.9. The van der Waals surface area contributed by atoms with Gasteiger partial charge in [0.15, 0.2) is 5.78 Å². The molecule has 0 fully saturated rings. The molecule has 1 aliphatic heterocycles. The number of hydrogen-bond acceptors (Lipinski definition) is 4. The van der Waals surface area contributed by atoms with Gasteiger partial charge in [-0.25, -0.2) is 4.39 Å². The Morgan fingerprint density at radius 1 is 1.21 bits per heavy atom. The highest BCUT2D eigenvalue weighted by atomic mass is 19.1. The second-order valence-corrected chi connectivity index (χ2v) is 6.84. The van der Waals surface area contributed by atoms with E-state index in [9.17, 15) is 14.0 Å². The Labute approximate surface area is 163 Å². The van der Waals surface area contributed by atoms with E-state index in [1.807, 2.05) is 26.0 Å². The fourth-order valence-corrected chi connectivity index (χ4v) is 3.20. The van der Waals surface area contributed by atoms with Crippen LogP contribution < -0.4 is 14.8 Å². The van der Waals surface area contributed by atoms with Crippen LogP contribution in [0.25, 0.3) is 0 Å². The first-order chi connectivity index (χ1) is 13.5. The number of hydrogen-bond donors (Lipinski definition) is 1. The van der Waals surface area contributed by atoms with Crippen LogP contribution in [-0.4, -0.2) is 24.4 Å². The van der Waals surface area contributed by atoms with Crippen molar-refractivity contribution in [2.45, 2.75) is 45.8 Å². The molecule has 1 amide bonds. The SMILES string of the molecule is CCOc1cc2c(cc1CNC(=O)CCC(=O)c1ccc(F)cc1)OC(C)C2. The summed E-state index contributed by atoms with van der Waals surface area (Å²) < 4.78 is 24.4. The van der Waals surface area contributed by atoms with E-state index in [0.29, 0.717) is 18.7 Å². The molecule has 1 unspecified atom stereocenters. The van der Waals surface area contributed by atoms with Crippen molar-refractivity contribution in [3.8, 4) is 11.5 Å². The lowest BCUT2D eigenvalue weighted by molar-refractivity contribution is -0.121. The van der Waals surface area contributed by atoms with E-state index in [1.165, 1.54) is 24.3 Å². The third kappa shape index (κ3) is 4.88. The topological polar surface area (TPSA) is 64.6 Å². The molecule has 0 saturated heterocycles. The van der Waals surface area contributed by atoms with Crippen LogP contribution in [0.4, 0.5) is 4.39 Å². The van der Waals surface area contributed by atoms with E-state index in [0.717, 1.165) is 29.0 Å². The molecular weight excluding hydrogens is 361 g/mol. The fourth-order valence-electron chi connectivity index (χ4n) is 3.20. The van der Waals surface area contributed by atoms with Crippen LogP contribution in [0.1, 0.15) is 48.2 Å². The van der Waals surface area contributed by atoms with Gasteiger partial charge in [0, 0.05) is 42.5 Å². The van der Waals surface area contributed by atoms with Gasteiger partial charge in [0.1, 0.15) is 23.4 Å². The molecule has 0 radical (unpaired) electrons. The molecule has 0 spiro atoms. The van der Waals surface area contributed by atoms with Crippen LogP contribution in [-0.2, 0) is 17.8 Å². The van der Waals surface area contributed by atoms with E-state index in [-0.39, 0.29) is 30.6 Å². The number of ketones is 1. The molecule has 1 N–H and O–H groups in total. The van der Waals surface area contributed by atoms with Crippen molar-refractivity contribution in [1.82, 2.24) is 5.32 Å². The van der Waals surface area contributed by atoms with Gasteiger partial charge in [0.25, 0.3) is 0 Å². The zero-order valence-corrected chi connectivity index (χ0v) is 16.1. The molecule has 6 heteroatoms. The quantitative estimate of drug-likeness (QED) is 0.702. The fraction of sp³-hybridized carbons (Fsp3) is 0.364. The van der Waals surface area contributed by atoms with E-state index in [1.54, 1.807) is 0 Å². The number of amides is 1. The predicted octanol–water partition coefficient (Wildman–Crippen LogP) is 3.83. The van der Waals surface area contributed by atoms with E-state index >= 15 is 0 Å². The summed E-state index contributed by atoms with van der Waals surface area (Å²) in [6.45, 7) is 4.75. The molecule has 0 aromatic heterocycles. The summed E-state index contributed by atoms with van der Waals surface area (Å²) in [6, 6.07) is 9.21. The number of benzene rings is 2. The number of Topliss-reactive ketones (excluding diaryl/α,β-unsaturated/α-hetero) is 1. The first kappa shape index (κ1) is 19.9. The Balaban J connectivity index is 1.56. The van der Waals surface area contributed by atoms with Gasteiger partial charge in [0.05, 0.1) is 6.61 Å². The predicted molar refractivity (Wildman–Crippen MR) is 103 cm³/mol. The highest BCUT2D eigenvalue weighted by Gasteiger charge is 2.22. The third-order valence-corrected chi connectivity index (χ3v) is 4.60. The van der Waals surface area contributed by atoms with Crippen molar-refractivity contribution >= 4 is 11.7 Å². The number of carbonyl (C=O) groups is 2. The van der Waals surface area contributed by atoms with Crippen molar-refractivity contribution in [3.05, 3.63) is 58.9 Å². The van der Waals surface area contributed by atoms with Crippen molar-refractivity contribution < 1.29 is 23.5 Å². The van der Waals surface area contributed by atoms with Crippen LogP contribution >= 0.6 is 0 Å². The number of nitrogens with one attached hydrogen (secondary N) is 1. The van der Waals surface area contributed by atoms with Crippen LogP contribution in [0, 0.1) is 5.82 Å². The van der Waals surface area contributed by atoms with Crippen molar-refractivity contribution in [1.29, 1.82) is 0 Å². The number of carbonyl (C=O) groups excluding carboxylic acids is 2. The Morgan fingerprint density at radius 2 is 1.96 bits per heavy atom. The molecular formula is C22H24FNO4.